The van der Waals surface area contributed by atoms with E-state index in [0.717, 1.165) is 63.1 Å². The van der Waals surface area contributed by atoms with Gasteiger partial charge in [-0.15, -0.1) is 23.2 Å². The van der Waals surface area contributed by atoms with Gasteiger partial charge >= 0.3 is 24.4 Å². The minimum atomic E-state index is -0.745. The summed E-state index contributed by atoms with van der Waals surface area (Å²) in [5.41, 5.74) is 14.2. The Balaban J connectivity index is 0.000000206. The second-order valence-electron chi connectivity index (χ2n) is 32.2. The van der Waals surface area contributed by atoms with Crippen LogP contribution in [0.4, 0.5) is 64.7 Å². The van der Waals surface area contributed by atoms with Gasteiger partial charge < -0.3 is 81.9 Å². The third-order valence-electron chi connectivity index (χ3n) is 17.8. The van der Waals surface area contributed by atoms with Crippen LogP contribution in [0.15, 0.2) is 133 Å². The van der Waals surface area contributed by atoms with Crippen LogP contribution in [0.1, 0.15) is 168 Å². The fourth-order valence-corrected chi connectivity index (χ4v) is 13.5. The number of nitrogens with zero attached hydrogens (tertiary/aromatic N) is 3. The molecule has 0 radical (unpaired) electrons. The largest absolute Gasteiger partial charge is 0.444 e. The number of nitrogen functional groups attached to an aromatic ring is 1. The molecule has 2 fully saturated rings. The van der Waals surface area contributed by atoms with E-state index in [2.05, 4.69) is 70.6 Å². The van der Waals surface area contributed by atoms with E-state index < -0.39 is 70.9 Å². The summed E-state index contributed by atoms with van der Waals surface area (Å²) in [7, 11) is 0. The van der Waals surface area contributed by atoms with Gasteiger partial charge in [0, 0.05) is 81.5 Å². The number of nitrogens with two attached hydrogens (primary N) is 1. The van der Waals surface area contributed by atoms with E-state index in [1.54, 1.807) is 116 Å². The molecule has 118 heavy (non-hydrogen) atoms. The predicted molar refractivity (Wildman–Crippen MR) is 463 cm³/mol. The van der Waals surface area contributed by atoms with Crippen molar-refractivity contribution in [1.82, 2.24) is 21.3 Å². The average Bonchev–Trinajstić information content (AvgIpc) is 1.17. The Morgan fingerprint density at radius 3 is 1.27 bits per heavy atom. The molecule has 6 aliphatic heterocycles. The highest BCUT2D eigenvalue weighted by atomic mass is 79.9. The van der Waals surface area contributed by atoms with Crippen molar-refractivity contribution in [3.8, 4) is 0 Å². The number of alkyl carbamates (subject to hydrolysis) is 4. The van der Waals surface area contributed by atoms with Crippen LogP contribution in [-0.2, 0) is 94.9 Å². The van der Waals surface area contributed by atoms with Crippen molar-refractivity contribution in [2.75, 3.05) is 66.6 Å². The molecule has 6 heterocycles. The Hall–Kier alpha value is -10.5. The molecular formula is C86H108BrCl3N12O16. The zero-order valence-electron chi connectivity index (χ0n) is 68.7. The first-order valence-corrected chi connectivity index (χ1v) is 41.5. The van der Waals surface area contributed by atoms with Gasteiger partial charge in [0.25, 0.3) is 0 Å². The number of amides is 11. The van der Waals surface area contributed by atoms with Gasteiger partial charge in [0.1, 0.15) is 46.6 Å². The van der Waals surface area contributed by atoms with Crippen LogP contribution in [-0.4, -0.2) is 142 Å². The number of hydrogen-bond donors (Lipinski definition) is 9. The van der Waals surface area contributed by atoms with Crippen molar-refractivity contribution in [3.63, 3.8) is 0 Å². The van der Waals surface area contributed by atoms with Gasteiger partial charge in [-0.25, -0.2) is 19.2 Å². The molecule has 0 saturated carbocycles. The van der Waals surface area contributed by atoms with Gasteiger partial charge in [-0.1, -0.05) is 125 Å². The monoisotopic (exact) mass is 1750 g/mol. The summed E-state index contributed by atoms with van der Waals surface area (Å²) in [6, 6.07) is 39.3. The lowest BCUT2D eigenvalue weighted by Gasteiger charge is -2.37. The lowest BCUT2D eigenvalue weighted by Crippen LogP contribution is -2.53. The standard InChI is InChI=1S/C25H29N3O4.C18H24ClN3O4.C18H23N3O4.C14H19N3O3.C7H7Br.C4H6Cl2O/c1-25(2,3)32-24(31)26-19-15-18-11-7-12-20(27-14-8-13-21(27)29)22(18)28(23(19)30)16-17-9-5-4-6-10-17;1-18(2,3)26-17(25)21-13-10-11-6-4-7-12(15(11)22-16(13)24)20-14(23)8-5-9-19;1-18(2,3)25-17(24)19-12-10-11-6-4-7-13(15(11)20-16(12)23)21-9-5-8-14(21)22;1-14(2,3)20-13(19)16-10-7-8-5-4-6-9(15)11(8)17-12(10)18;8-6-7-4-2-1-3-5-7;5-3-1-2-4(6)7/h4-7,9-12,19H,8,13-16H2,1-3H3,(H,26,31);4,6-7,13H,5,8-10H2,1-3H3,(H,20,23)(H,21,25)(H,22,24);4,6-7,12H,5,8-10H2,1-3H3,(H,19,24)(H,20,23);4-6,10H,7,15H2,1-3H3,(H,16,19)(H,17,18);1-5H,6H2;1-3H2. The number of carbonyl (C=O) groups is 12. The number of alkyl halides is 3. The normalized spacial score (nSPS) is 17.1. The number of halogens is 4. The number of carbonyl (C=O) groups excluding carboxylic acids is 12. The number of benzene rings is 6. The first-order chi connectivity index (χ1) is 55.6. The van der Waals surface area contributed by atoms with Crippen LogP contribution < -0.4 is 63.0 Å². The van der Waals surface area contributed by atoms with Crippen LogP contribution in [0.3, 0.4) is 0 Å². The van der Waals surface area contributed by atoms with E-state index in [4.69, 9.17) is 59.5 Å². The van der Waals surface area contributed by atoms with E-state index in [-0.39, 0.29) is 46.6 Å². The van der Waals surface area contributed by atoms with E-state index in [0.29, 0.717) is 124 Å². The number of nitrogens with one attached hydrogen (secondary N) is 8. The maximum Gasteiger partial charge on any atom is 0.408 e. The van der Waals surface area contributed by atoms with Crippen LogP contribution in [0.25, 0.3) is 0 Å². The second-order valence-corrected chi connectivity index (χ2v) is 34.0. The lowest BCUT2D eigenvalue weighted by atomic mass is 9.95. The van der Waals surface area contributed by atoms with Gasteiger partial charge in [-0.05, 0) is 178 Å². The van der Waals surface area contributed by atoms with Gasteiger partial charge in [-0.2, -0.15) is 0 Å². The minimum absolute atomic E-state index is 0.0663. The summed E-state index contributed by atoms with van der Waals surface area (Å²) in [6.45, 7) is 22.9. The van der Waals surface area contributed by atoms with Crippen molar-refractivity contribution in [1.29, 1.82) is 0 Å². The molecule has 0 aliphatic carbocycles. The Morgan fingerprint density at radius 2 is 0.847 bits per heavy atom. The van der Waals surface area contributed by atoms with Gasteiger partial charge in [0.05, 0.1) is 52.0 Å². The summed E-state index contributed by atoms with van der Waals surface area (Å²) in [5, 5.41) is 22.3. The van der Waals surface area contributed by atoms with Gasteiger partial charge in [-0.3, -0.25) is 38.4 Å². The molecule has 0 bridgehead atoms. The number of ether oxygens (including phenoxy) is 4. The average molecular weight is 1750 g/mol. The van der Waals surface area contributed by atoms with Crippen molar-refractivity contribution >= 4 is 167 Å². The Kier molecular flexibility index (Phi) is 35.1. The lowest BCUT2D eigenvalue weighted by molar-refractivity contribution is -0.121. The molecule has 32 heteroatoms. The molecule has 10 N–H and O–H groups in total. The van der Waals surface area contributed by atoms with Gasteiger partial charge in [0.2, 0.25) is 46.6 Å². The molecule has 0 spiro atoms. The number of hydrogen-bond acceptors (Lipinski definition) is 17. The highest BCUT2D eigenvalue weighted by Gasteiger charge is 2.40. The quantitative estimate of drug-likeness (QED) is 0.0188. The molecule has 11 amide bonds. The summed E-state index contributed by atoms with van der Waals surface area (Å²) in [5.74, 6) is -0.276. The van der Waals surface area contributed by atoms with Crippen LogP contribution in [0, 0.1) is 0 Å². The number of rotatable bonds is 16. The second kappa shape index (κ2) is 43.8. The summed E-state index contributed by atoms with van der Waals surface area (Å²) < 4.78 is 20.9. The molecule has 6 aromatic carbocycles. The number of anilines is 8. The third-order valence-corrected chi connectivity index (χ3v) is 19.1. The minimum Gasteiger partial charge on any atom is -0.444 e. The SMILES string of the molecule is BrCc1ccccc1.CC(C)(C)OC(=O)NC1Cc2cccc(N)c2NC1=O.CC(C)(C)OC(=O)NC1Cc2cccc(N3CCCC3=O)c2N(Cc2ccccc2)C1=O.CC(C)(C)OC(=O)NC1Cc2cccc(N3CCCC3=O)c2NC1=O.CC(C)(C)OC(=O)NC1Cc2cccc(NC(=O)CCCCl)c2NC1=O.O=C(Cl)CCCCl. The van der Waals surface area contributed by atoms with Crippen LogP contribution in [0.5, 0.6) is 0 Å². The van der Waals surface area contributed by atoms with Crippen molar-refractivity contribution in [2.45, 2.75) is 219 Å². The first kappa shape index (κ1) is 94.7. The van der Waals surface area contributed by atoms with Crippen molar-refractivity contribution in [2.24, 2.45) is 0 Å². The predicted octanol–water partition coefficient (Wildman–Crippen LogP) is 15.0. The fourth-order valence-electron chi connectivity index (χ4n) is 12.7. The van der Waals surface area contributed by atoms with Crippen molar-refractivity contribution < 1.29 is 76.5 Å². The molecular weight excluding hydrogens is 1640 g/mol. The zero-order valence-corrected chi connectivity index (χ0v) is 72.6. The molecule has 6 aliphatic rings. The Labute approximate surface area is 712 Å². The van der Waals surface area contributed by atoms with E-state index in [1.807, 2.05) is 103 Å². The molecule has 0 aromatic heterocycles. The van der Waals surface area contributed by atoms with Crippen molar-refractivity contribution in [3.05, 3.63) is 167 Å². The molecule has 636 valence electrons. The summed E-state index contributed by atoms with van der Waals surface area (Å²) >= 11 is 19.2. The molecule has 4 unspecified atom stereocenters. The van der Waals surface area contributed by atoms with Crippen LogP contribution in [0.2, 0.25) is 0 Å². The Bertz CT molecular complexity index is 4550. The maximum atomic E-state index is 13.6. The van der Waals surface area contributed by atoms with Crippen LogP contribution >= 0.6 is 50.7 Å². The Morgan fingerprint density at radius 1 is 0.466 bits per heavy atom. The summed E-state index contributed by atoms with van der Waals surface area (Å²) in [6.07, 6.45) is 3.54. The molecule has 12 rings (SSSR count). The molecule has 6 aromatic rings. The molecule has 28 nitrogen and oxygen atoms in total. The smallest absolute Gasteiger partial charge is 0.408 e. The zero-order chi connectivity index (χ0) is 86.8. The fraction of sp³-hybridized carbons (Fsp3) is 0.442. The highest BCUT2D eigenvalue weighted by Crippen LogP contribution is 2.41. The van der Waals surface area contributed by atoms with E-state index in [1.165, 1.54) is 5.56 Å². The topological polar surface area (TPSA) is 374 Å². The third kappa shape index (κ3) is 30.1. The number of fused-ring (bicyclic) bond motifs is 4. The molecule has 2 saturated heterocycles. The van der Waals surface area contributed by atoms with Gasteiger partial charge in [0.15, 0.2) is 0 Å². The first-order valence-electron chi connectivity index (χ1n) is 38.9. The van der Waals surface area contributed by atoms with E-state index >= 15 is 0 Å². The molecule has 4 atom stereocenters. The highest BCUT2D eigenvalue weighted by molar-refractivity contribution is 9.08. The summed E-state index contributed by atoms with van der Waals surface area (Å²) in [4.78, 5) is 150. The van der Waals surface area contributed by atoms with E-state index in [9.17, 15) is 57.5 Å². The maximum absolute atomic E-state index is 13.6. The number of para-hydroxylation sites is 4.